The van der Waals surface area contributed by atoms with E-state index in [1.807, 2.05) is 4.90 Å². The molecule has 1 aromatic carbocycles. The number of alkyl halides is 3. The van der Waals surface area contributed by atoms with Crippen molar-refractivity contribution in [1.29, 1.82) is 0 Å². The molecule has 0 saturated carbocycles. The molecule has 2 fully saturated rings. The van der Waals surface area contributed by atoms with Gasteiger partial charge in [0.05, 0.1) is 12.1 Å². The van der Waals surface area contributed by atoms with E-state index in [-0.39, 0.29) is 5.91 Å². The van der Waals surface area contributed by atoms with Crippen LogP contribution >= 0.6 is 0 Å². The Kier molecular flexibility index (Phi) is 4.41. The lowest BCUT2D eigenvalue weighted by Gasteiger charge is -2.37. The van der Waals surface area contributed by atoms with Crippen LogP contribution in [0, 0.1) is 0 Å². The fourth-order valence-electron chi connectivity index (χ4n) is 3.76. The summed E-state index contributed by atoms with van der Waals surface area (Å²) in [7, 11) is 0. The summed E-state index contributed by atoms with van der Waals surface area (Å²) in [6.07, 6.45) is -3.05. The number of carbonyl (C=O) groups is 2. The second kappa shape index (κ2) is 6.66. The van der Waals surface area contributed by atoms with Crippen LogP contribution in [0.4, 0.5) is 18.0 Å². The van der Waals surface area contributed by atoms with Crippen LogP contribution in [-0.2, 0) is 17.5 Å². The Morgan fingerprint density at radius 2 is 1.86 bits per heavy atom. The van der Waals surface area contributed by atoms with Crippen LogP contribution < -0.4 is 10.6 Å². The zero-order valence-corrected chi connectivity index (χ0v) is 14.8. The van der Waals surface area contributed by atoms with E-state index in [9.17, 15) is 22.8 Å². The maximum atomic E-state index is 12.7. The summed E-state index contributed by atoms with van der Waals surface area (Å²) >= 11 is 0. The minimum atomic E-state index is -4.38. The number of piperidine rings is 1. The lowest BCUT2D eigenvalue weighted by atomic mass is 9.89. The zero-order chi connectivity index (χ0) is 19.9. The van der Waals surface area contributed by atoms with E-state index in [1.54, 1.807) is 12.1 Å². The SMILES string of the molecule is O=C1NC(=O)C2(CCCN(Cc3ccc(-c4ccc(C(F)(F)F)cc4)o3)C2)N1. The number of hydrogen-bond acceptors (Lipinski definition) is 4. The normalized spacial score (nSPS) is 23.1. The highest BCUT2D eigenvalue weighted by Crippen LogP contribution is 2.32. The number of amides is 3. The van der Waals surface area contributed by atoms with Crippen LogP contribution in [0.5, 0.6) is 0 Å². The molecule has 1 atom stereocenters. The molecule has 0 aliphatic carbocycles. The van der Waals surface area contributed by atoms with Gasteiger partial charge in [-0.15, -0.1) is 0 Å². The van der Waals surface area contributed by atoms with Crippen molar-refractivity contribution in [2.24, 2.45) is 0 Å². The Hall–Kier alpha value is -2.81. The van der Waals surface area contributed by atoms with Crippen molar-refractivity contribution in [2.75, 3.05) is 13.1 Å². The summed E-state index contributed by atoms with van der Waals surface area (Å²) in [5.41, 5.74) is -1.06. The molecule has 0 bridgehead atoms. The number of nitrogens with one attached hydrogen (secondary N) is 2. The summed E-state index contributed by atoms with van der Waals surface area (Å²) in [6.45, 7) is 1.56. The van der Waals surface area contributed by atoms with Crippen molar-refractivity contribution >= 4 is 11.9 Å². The fourth-order valence-corrected chi connectivity index (χ4v) is 3.76. The molecular formula is C19H18F3N3O3. The van der Waals surface area contributed by atoms with Gasteiger partial charge in [0.2, 0.25) is 0 Å². The number of likely N-dealkylation sites (tertiary alicyclic amines) is 1. The molecule has 2 aliphatic heterocycles. The second-order valence-corrected chi connectivity index (χ2v) is 7.15. The number of furan rings is 1. The number of hydrogen-bond donors (Lipinski definition) is 2. The molecule has 148 valence electrons. The summed E-state index contributed by atoms with van der Waals surface area (Å²) < 4.78 is 43.8. The second-order valence-electron chi connectivity index (χ2n) is 7.15. The van der Waals surface area contributed by atoms with E-state index < -0.39 is 23.3 Å². The molecule has 3 amide bonds. The Morgan fingerprint density at radius 3 is 2.50 bits per heavy atom. The molecule has 9 heteroatoms. The first-order valence-electron chi connectivity index (χ1n) is 8.87. The minimum Gasteiger partial charge on any atom is -0.460 e. The van der Waals surface area contributed by atoms with Crippen LogP contribution in [0.15, 0.2) is 40.8 Å². The van der Waals surface area contributed by atoms with Gasteiger partial charge in [-0.3, -0.25) is 15.0 Å². The smallest absolute Gasteiger partial charge is 0.416 e. The molecule has 28 heavy (non-hydrogen) atoms. The molecule has 3 heterocycles. The molecule has 0 radical (unpaired) electrons. The Balaban J connectivity index is 1.45. The van der Waals surface area contributed by atoms with Crippen LogP contribution in [-0.4, -0.2) is 35.5 Å². The Bertz CT molecular complexity index is 907. The van der Waals surface area contributed by atoms with Gasteiger partial charge in [-0.25, -0.2) is 4.79 Å². The van der Waals surface area contributed by atoms with Crippen LogP contribution in [0.1, 0.15) is 24.2 Å². The highest BCUT2D eigenvalue weighted by atomic mass is 19.4. The van der Waals surface area contributed by atoms with E-state index >= 15 is 0 Å². The highest BCUT2D eigenvalue weighted by molar-refractivity contribution is 6.07. The molecule has 1 spiro atoms. The molecular weight excluding hydrogens is 375 g/mol. The monoisotopic (exact) mass is 393 g/mol. The van der Waals surface area contributed by atoms with Crippen LogP contribution in [0.25, 0.3) is 11.3 Å². The number of halogens is 3. The molecule has 1 unspecified atom stereocenters. The number of rotatable bonds is 3. The van der Waals surface area contributed by atoms with Gasteiger partial charge in [-0.1, -0.05) is 12.1 Å². The van der Waals surface area contributed by atoms with Gasteiger partial charge >= 0.3 is 12.2 Å². The quantitative estimate of drug-likeness (QED) is 0.786. The summed E-state index contributed by atoms with van der Waals surface area (Å²) in [5.74, 6) is 0.797. The summed E-state index contributed by atoms with van der Waals surface area (Å²) in [6, 6.07) is 7.79. The van der Waals surface area contributed by atoms with Crippen molar-refractivity contribution in [3.63, 3.8) is 0 Å². The molecule has 2 aliphatic rings. The number of urea groups is 1. The first-order chi connectivity index (χ1) is 13.2. The van der Waals surface area contributed by atoms with Crippen molar-refractivity contribution < 1.29 is 27.2 Å². The zero-order valence-electron chi connectivity index (χ0n) is 14.8. The molecule has 2 aromatic rings. The fraction of sp³-hybridized carbons (Fsp3) is 0.368. The van der Waals surface area contributed by atoms with E-state index in [4.69, 9.17) is 4.42 Å². The van der Waals surface area contributed by atoms with Gasteiger partial charge in [0, 0.05) is 12.1 Å². The topological polar surface area (TPSA) is 74.6 Å². The van der Waals surface area contributed by atoms with Gasteiger partial charge in [-0.05, 0) is 43.7 Å². The Morgan fingerprint density at radius 1 is 1.11 bits per heavy atom. The van der Waals surface area contributed by atoms with E-state index in [1.165, 1.54) is 12.1 Å². The summed E-state index contributed by atoms with van der Waals surface area (Å²) in [5, 5.41) is 5.00. The van der Waals surface area contributed by atoms with Gasteiger partial charge in [0.1, 0.15) is 17.1 Å². The number of imide groups is 1. The largest absolute Gasteiger partial charge is 0.460 e. The molecule has 6 nitrogen and oxygen atoms in total. The number of nitrogens with zero attached hydrogens (tertiary/aromatic N) is 1. The molecule has 2 saturated heterocycles. The van der Waals surface area contributed by atoms with E-state index in [0.717, 1.165) is 25.1 Å². The molecule has 4 rings (SSSR count). The lowest BCUT2D eigenvalue weighted by Crippen LogP contribution is -2.58. The van der Waals surface area contributed by atoms with E-state index in [2.05, 4.69) is 10.6 Å². The predicted molar refractivity (Wildman–Crippen MR) is 93.1 cm³/mol. The van der Waals surface area contributed by atoms with Gasteiger partial charge < -0.3 is 9.73 Å². The standard InChI is InChI=1S/C19H18F3N3O3/c20-19(21,22)13-4-2-12(3-5-13)15-7-6-14(28-15)10-25-9-1-8-18(11-25)16(26)23-17(27)24-18/h2-7H,1,8-11H2,(H2,23,24,26,27). The van der Waals surface area contributed by atoms with Crippen molar-refractivity contribution in [3.05, 3.63) is 47.7 Å². The highest BCUT2D eigenvalue weighted by Gasteiger charge is 2.48. The molecule has 2 N–H and O–H groups in total. The third-order valence-electron chi connectivity index (χ3n) is 5.12. The minimum absolute atomic E-state index is 0.313. The van der Waals surface area contributed by atoms with Crippen LogP contribution in [0.2, 0.25) is 0 Å². The van der Waals surface area contributed by atoms with Crippen molar-refractivity contribution in [2.45, 2.75) is 31.1 Å². The third-order valence-corrected chi connectivity index (χ3v) is 5.12. The van der Waals surface area contributed by atoms with Gasteiger partial charge in [-0.2, -0.15) is 13.2 Å². The third kappa shape index (κ3) is 3.49. The van der Waals surface area contributed by atoms with Crippen LogP contribution in [0.3, 0.4) is 0 Å². The maximum Gasteiger partial charge on any atom is 0.416 e. The first-order valence-corrected chi connectivity index (χ1v) is 8.87. The summed E-state index contributed by atoms with van der Waals surface area (Å²) in [4.78, 5) is 25.6. The number of benzene rings is 1. The molecule has 1 aromatic heterocycles. The predicted octanol–water partition coefficient (Wildman–Crippen LogP) is 3.14. The maximum absolute atomic E-state index is 12.7. The van der Waals surface area contributed by atoms with E-state index in [0.29, 0.717) is 36.6 Å². The number of carbonyl (C=O) groups excluding carboxylic acids is 2. The Labute approximate surface area is 158 Å². The van der Waals surface area contributed by atoms with Gasteiger partial charge in [0.15, 0.2) is 0 Å². The first kappa shape index (κ1) is 18.5. The van der Waals surface area contributed by atoms with Crippen molar-refractivity contribution in [1.82, 2.24) is 15.5 Å². The lowest BCUT2D eigenvalue weighted by molar-refractivity contribution is -0.137. The van der Waals surface area contributed by atoms with Crippen molar-refractivity contribution in [3.8, 4) is 11.3 Å². The average Bonchev–Trinajstić information content (AvgIpc) is 3.19. The van der Waals surface area contributed by atoms with Gasteiger partial charge in [0.25, 0.3) is 5.91 Å². The average molecular weight is 393 g/mol.